The Kier molecular flexibility index (Phi) is 5.79. The molecule has 0 aliphatic carbocycles. The first-order chi connectivity index (χ1) is 7.26. The summed E-state index contributed by atoms with van der Waals surface area (Å²) in [6.07, 6.45) is 1.77. The second kappa shape index (κ2) is 5.42. The Morgan fingerprint density at radius 3 is 2.00 bits per heavy atom. The van der Waals surface area contributed by atoms with Crippen LogP contribution in [0.5, 0.6) is 0 Å². The normalized spacial score (nSPS) is 15.6. The summed E-state index contributed by atoms with van der Waals surface area (Å²) in [5.41, 5.74) is 7.94. The van der Waals surface area contributed by atoms with Crippen LogP contribution in [0.4, 0.5) is 25.2 Å². The first-order valence-electron chi connectivity index (χ1n) is 4.10. The number of hydrogen-bond donors (Lipinski definition) is 1. The van der Waals surface area contributed by atoms with Crippen LogP contribution in [0, 0.1) is 0 Å². The summed E-state index contributed by atoms with van der Waals surface area (Å²) in [6, 6.07) is 0. The van der Waals surface area contributed by atoms with Crippen LogP contribution in [0.25, 0.3) is 10.4 Å². The second-order valence-electron chi connectivity index (χ2n) is 2.77. The van der Waals surface area contributed by atoms with Gasteiger partial charge in [0.05, 0.1) is 13.6 Å². The fraction of sp³-hybridized carbons (Fsp3) is 0.800. The summed E-state index contributed by atoms with van der Waals surface area (Å²) < 4.78 is 61.0. The van der Waals surface area contributed by atoms with Gasteiger partial charge in [-0.1, -0.05) is 0 Å². The first-order valence-corrected chi connectivity index (χ1v) is 6.13. The minimum absolute atomic E-state index is 0.365. The van der Waals surface area contributed by atoms with E-state index in [9.17, 15) is 25.2 Å². The van der Waals surface area contributed by atoms with E-state index in [0.717, 1.165) is 6.54 Å². The maximum atomic E-state index is 9.87. The van der Waals surface area contributed by atoms with Crippen LogP contribution in [0.1, 0.15) is 6.92 Å². The van der Waals surface area contributed by atoms with E-state index >= 15 is 0 Å². The van der Waals surface area contributed by atoms with Crippen LogP contribution >= 0.6 is 7.81 Å². The first kappa shape index (κ1) is 18.2. The van der Waals surface area contributed by atoms with Gasteiger partial charge in [0.1, 0.15) is 0 Å². The van der Waals surface area contributed by atoms with Crippen molar-refractivity contribution in [2.45, 2.75) is 6.92 Å². The van der Waals surface area contributed by atoms with Gasteiger partial charge in [-0.05, 0) is 17.6 Å². The van der Waals surface area contributed by atoms with Gasteiger partial charge in [0.15, 0.2) is 6.67 Å². The van der Waals surface area contributed by atoms with Crippen LogP contribution in [0.15, 0.2) is 5.11 Å². The van der Waals surface area contributed by atoms with Gasteiger partial charge < -0.3 is 0 Å². The molecule has 0 amide bonds. The summed E-state index contributed by atoms with van der Waals surface area (Å²) in [4.78, 5) is 2.62. The van der Waals surface area contributed by atoms with Gasteiger partial charge in [-0.25, -0.2) is 0 Å². The Morgan fingerprint density at radius 2 is 1.71 bits per heavy atom. The van der Waals surface area contributed by atoms with Crippen LogP contribution < -0.4 is 5.32 Å². The zero-order chi connectivity index (χ0) is 14.2. The van der Waals surface area contributed by atoms with Crippen LogP contribution in [-0.4, -0.2) is 31.2 Å². The van der Waals surface area contributed by atoms with Crippen molar-refractivity contribution in [3.63, 3.8) is 0 Å². The van der Waals surface area contributed by atoms with E-state index in [-0.39, 0.29) is 0 Å². The Bertz CT molecular complexity index is 302. The molecular formula is C5H12F6N5P. The Balaban J connectivity index is 0. The van der Waals surface area contributed by atoms with Crippen molar-refractivity contribution < 1.29 is 29.8 Å². The Hall–Kier alpha value is -1.21. The third-order valence-corrected chi connectivity index (χ3v) is 0.865. The summed E-state index contributed by atoms with van der Waals surface area (Å²) in [6.45, 7) is 3.24. The fourth-order valence-electron chi connectivity index (χ4n) is 0.416. The molecule has 5 nitrogen and oxygen atoms in total. The summed E-state index contributed by atoms with van der Waals surface area (Å²) in [7, 11) is -8.83. The monoisotopic (exact) mass is 287 g/mol. The van der Waals surface area contributed by atoms with E-state index in [1.54, 1.807) is 10.9 Å². The van der Waals surface area contributed by atoms with Crippen molar-refractivity contribution in [1.82, 2.24) is 5.32 Å². The summed E-state index contributed by atoms with van der Waals surface area (Å²) in [5.74, 6) is 0. The zero-order valence-electron chi connectivity index (χ0n) is 9.00. The van der Waals surface area contributed by atoms with E-state index in [4.69, 9.17) is 5.53 Å². The quantitative estimate of drug-likeness (QED) is 0.122. The van der Waals surface area contributed by atoms with Crippen molar-refractivity contribution >= 4 is 14.1 Å². The van der Waals surface area contributed by atoms with E-state index in [0.29, 0.717) is 6.67 Å². The summed E-state index contributed by atoms with van der Waals surface area (Å²) >= 11 is 0. The van der Waals surface area contributed by atoms with Crippen molar-refractivity contribution in [1.29, 1.82) is 0 Å². The molecule has 0 aliphatic heterocycles. The van der Waals surface area contributed by atoms with E-state index in [2.05, 4.69) is 15.3 Å². The number of nitrogens with zero attached hydrogens (tertiary/aromatic N) is 4. The predicted octanol–water partition coefficient (Wildman–Crippen LogP) is 3.92. The molecule has 0 fully saturated rings. The van der Waals surface area contributed by atoms with Crippen LogP contribution in [0.3, 0.4) is 0 Å². The van der Waals surface area contributed by atoms with Crippen LogP contribution in [0.2, 0.25) is 0 Å². The zero-order valence-corrected chi connectivity index (χ0v) is 9.89. The number of azide groups is 1. The molecule has 0 heterocycles. The fourth-order valence-corrected chi connectivity index (χ4v) is 0.416. The Labute approximate surface area is 93.0 Å². The molecular weight excluding hydrogens is 275 g/mol. The maximum absolute atomic E-state index is 10.7. The second-order valence-corrected chi connectivity index (χ2v) is 4.69. The molecule has 0 aromatic heterocycles. The minimum atomic E-state index is -10.7. The molecule has 12 heteroatoms. The Morgan fingerprint density at radius 1 is 1.29 bits per heavy atom. The number of hydrogen-bond acceptors (Lipinski definition) is 1. The van der Waals surface area contributed by atoms with Crippen molar-refractivity contribution in [3.05, 3.63) is 10.4 Å². The molecule has 0 aliphatic rings. The van der Waals surface area contributed by atoms with Crippen molar-refractivity contribution in [2.75, 3.05) is 20.3 Å². The molecule has 0 atom stereocenters. The molecule has 1 N–H and O–H groups in total. The van der Waals surface area contributed by atoms with E-state index in [1.165, 1.54) is 0 Å². The summed E-state index contributed by atoms with van der Waals surface area (Å²) in [5, 5.41) is 6.33. The van der Waals surface area contributed by atoms with Gasteiger partial charge in [-0.3, -0.25) is 9.89 Å². The molecule has 0 saturated heterocycles. The molecule has 0 bridgehead atoms. The molecule has 0 saturated carbocycles. The third kappa shape index (κ3) is 52.5. The SMILES string of the molecule is CCN/C=[N+](\C)CN=[N+]=[N-].F[P-](F)(F)(F)(F)F. The third-order valence-electron chi connectivity index (χ3n) is 0.865. The topological polar surface area (TPSA) is 63.8 Å². The van der Waals surface area contributed by atoms with Gasteiger partial charge >= 0.3 is 33.0 Å². The van der Waals surface area contributed by atoms with Gasteiger partial charge in [-0.2, -0.15) is 0 Å². The van der Waals surface area contributed by atoms with Gasteiger partial charge in [0.2, 0.25) is 6.34 Å². The molecule has 0 aromatic rings. The van der Waals surface area contributed by atoms with E-state index in [1.807, 2.05) is 14.0 Å². The van der Waals surface area contributed by atoms with Gasteiger partial charge in [0.25, 0.3) is 0 Å². The molecule has 17 heavy (non-hydrogen) atoms. The molecule has 0 unspecified atom stereocenters. The standard InChI is InChI=1S/C5H11N5.F6P/c1-3-7-4-10(2)5-8-9-6;1-7(2,3,4,5)6/h4H,3,5H2,1-2H3;/q;-1/p+1. The molecule has 0 radical (unpaired) electrons. The number of rotatable bonds is 4. The number of halogens is 6. The van der Waals surface area contributed by atoms with E-state index < -0.39 is 7.81 Å². The molecule has 0 rings (SSSR count). The predicted molar refractivity (Wildman–Crippen MR) is 53.5 cm³/mol. The van der Waals surface area contributed by atoms with Gasteiger partial charge in [0, 0.05) is 4.91 Å². The number of nitrogens with one attached hydrogen (secondary N) is 1. The van der Waals surface area contributed by atoms with Crippen molar-refractivity contribution in [3.8, 4) is 0 Å². The van der Waals surface area contributed by atoms with Crippen molar-refractivity contribution in [2.24, 2.45) is 5.11 Å². The average molecular weight is 287 g/mol. The van der Waals surface area contributed by atoms with Crippen LogP contribution in [-0.2, 0) is 0 Å². The molecule has 0 spiro atoms. The van der Waals surface area contributed by atoms with Gasteiger partial charge in [-0.15, -0.1) is 0 Å². The average Bonchev–Trinajstić information content (AvgIpc) is 2.06. The molecule has 104 valence electrons. The molecule has 0 aromatic carbocycles.